The molecule has 7 nitrogen and oxygen atoms in total. The number of carbonyl (C=O) groups excluding carboxylic acids is 2. The SMILES string of the molecule is COC(=N)N(C(=O)NC(C)C)C(=O)OC. The van der Waals surface area contributed by atoms with Crippen molar-refractivity contribution in [1.82, 2.24) is 10.2 Å². The smallest absolute Gasteiger partial charge is 0.426 e. The zero-order valence-corrected chi connectivity index (χ0v) is 9.16. The molecule has 0 saturated heterocycles. The van der Waals surface area contributed by atoms with Crippen molar-refractivity contribution in [2.75, 3.05) is 14.2 Å². The van der Waals surface area contributed by atoms with Crippen LogP contribution in [0.2, 0.25) is 0 Å². The van der Waals surface area contributed by atoms with Crippen molar-refractivity contribution in [3.63, 3.8) is 0 Å². The molecule has 0 atom stereocenters. The van der Waals surface area contributed by atoms with Crippen LogP contribution >= 0.6 is 0 Å². The summed E-state index contributed by atoms with van der Waals surface area (Å²) in [7, 11) is 2.29. The number of imide groups is 1. The van der Waals surface area contributed by atoms with Gasteiger partial charge in [-0.2, -0.15) is 0 Å². The number of carbonyl (C=O) groups is 2. The molecule has 0 heterocycles. The fourth-order valence-electron chi connectivity index (χ4n) is 0.752. The second-order valence-electron chi connectivity index (χ2n) is 2.92. The molecule has 0 rings (SSSR count). The van der Waals surface area contributed by atoms with E-state index in [1.807, 2.05) is 0 Å². The van der Waals surface area contributed by atoms with E-state index in [1.54, 1.807) is 13.8 Å². The first-order chi connectivity index (χ1) is 6.93. The second kappa shape index (κ2) is 5.84. The fraction of sp³-hybridized carbons (Fsp3) is 0.625. The van der Waals surface area contributed by atoms with Crippen molar-refractivity contribution in [3.05, 3.63) is 0 Å². The van der Waals surface area contributed by atoms with E-state index < -0.39 is 18.1 Å². The molecule has 0 radical (unpaired) electrons. The van der Waals surface area contributed by atoms with Gasteiger partial charge in [-0.1, -0.05) is 0 Å². The van der Waals surface area contributed by atoms with E-state index in [0.29, 0.717) is 4.90 Å². The number of hydrogen-bond acceptors (Lipinski definition) is 5. The number of ether oxygens (including phenoxy) is 2. The van der Waals surface area contributed by atoms with Gasteiger partial charge in [0.25, 0.3) is 0 Å². The highest BCUT2D eigenvalue weighted by Gasteiger charge is 2.28. The van der Waals surface area contributed by atoms with Crippen LogP contribution in [0, 0.1) is 5.41 Å². The Kier molecular flexibility index (Phi) is 5.14. The maximum atomic E-state index is 11.4. The Morgan fingerprint density at radius 1 is 1.27 bits per heavy atom. The Labute approximate surface area is 87.8 Å². The first kappa shape index (κ1) is 13.2. The zero-order valence-electron chi connectivity index (χ0n) is 9.16. The molecular formula is C8H15N3O4. The van der Waals surface area contributed by atoms with Crippen LogP contribution in [0.4, 0.5) is 9.59 Å². The van der Waals surface area contributed by atoms with E-state index >= 15 is 0 Å². The lowest BCUT2D eigenvalue weighted by Gasteiger charge is -2.19. The van der Waals surface area contributed by atoms with Gasteiger partial charge in [0, 0.05) is 6.04 Å². The minimum Gasteiger partial charge on any atom is -0.468 e. The minimum atomic E-state index is -0.972. The van der Waals surface area contributed by atoms with Crippen molar-refractivity contribution in [3.8, 4) is 0 Å². The summed E-state index contributed by atoms with van der Waals surface area (Å²) in [6, 6.07) is -1.52. The molecule has 3 amide bonds. The number of nitrogens with zero attached hydrogens (tertiary/aromatic N) is 1. The van der Waals surface area contributed by atoms with Crippen molar-refractivity contribution in [1.29, 1.82) is 5.41 Å². The molecule has 0 aromatic carbocycles. The second-order valence-corrected chi connectivity index (χ2v) is 2.92. The molecule has 0 spiro atoms. The van der Waals surface area contributed by atoms with Gasteiger partial charge in [0.2, 0.25) is 0 Å². The maximum absolute atomic E-state index is 11.4. The van der Waals surface area contributed by atoms with Crippen LogP contribution < -0.4 is 5.32 Å². The molecule has 0 aromatic rings. The highest BCUT2D eigenvalue weighted by Crippen LogP contribution is 1.97. The number of amidine groups is 1. The summed E-state index contributed by atoms with van der Waals surface area (Å²) in [6.45, 7) is 3.45. The van der Waals surface area contributed by atoms with Gasteiger partial charge >= 0.3 is 18.1 Å². The van der Waals surface area contributed by atoms with E-state index in [9.17, 15) is 9.59 Å². The summed E-state index contributed by atoms with van der Waals surface area (Å²) in [5.41, 5.74) is 0. The van der Waals surface area contributed by atoms with E-state index in [4.69, 9.17) is 5.41 Å². The molecule has 0 fully saturated rings. The quantitative estimate of drug-likeness (QED) is 0.501. The van der Waals surface area contributed by atoms with E-state index in [-0.39, 0.29) is 6.04 Å². The summed E-state index contributed by atoms with van der Waals surface area (Å²) >= 11 is 0. The van der Waals surface area contributed by atoms with Gasteiger partial charge in [0.1, 0.15) is 0 Å². The van der Waals surface area contributed by atoms with Gasteiger partial charge < -0.3 is 14.8 Å². The predicted molar refractivity (Wildman–Crippen MR) is 52.6 cm³/mol. The van der Waals surface area contributed by atoms with Crippen LogP contribution in [0.1, 0.15) is 13.8 Å². The third kappa shape index (κ3) is 3.84. The Hall–Kier alpha value is -1.79. The van der Waals surface area contributed by atoms with Crippen LogP contribution in [0.25, 0.3) is 0 Å². The standard InChI is InChI=1S/C8H15N3O4/c1-5(2)10-7(12)11(6(9)14-3)8(13)15-4/h5,9H,1-4H3,(H,10,12). The average molecular weight is 217 g/mol. The lowest BCUT2D eigenvalue weighted by Crippen LogP contribution is -2.49. The normalized spacial score (nSPS) is 9.40. The molecule has 0 aliphatic heterocycles. The number of hydrogen-bond donors (Lipinski definition) is 2. The number of rotatable bonds is 1. The first-order valence-electron chi connectivity index (χ1n) is 4.25. The Morgan fingerprint density at radius 3 is 2.13 bits per heavy atom. The number of urea groups is 1. The monoisotopic (exact) mass is 217 g/mol. The lowest BCUT2D eigenvalue weighted by molar-refractivity contribution is 0.139. The maximum Gasteiger partial charge on any atom is 0.426 e. The topological polar surface area (TPSA) is 91.7 Å². The molecule has 0 bridgehead atoms. The van der Waals surface area contributed by atoms with Gasteiger partial charge in [-0.05, 0) is 13.8 Å². The summed E-state index contributed by atoms with van der Waals surface area (Å²) in [5, 5.41) is 9.68. The Morgan fingerprint density at radius 2 is 1.80 bits per heavy atom. The first-order valence-corrected chi connectivity index (χ1v) is 4.25. The van der Waals surface area contributed by atoms with Crippen LogP contribution in [0.15, 0.2) is 0 Å². The minimum absolute atomic E-state index is 0.158. The van der Waals surface area contributed by atoms with Crippen LogP contribution in [0.5, 0.6) is 0 Å². The van der Waals surface area contributed by atoms with Crippen molar-refractivity contribution in [2.24, 2.45) is 0 Å². The van der Waals surface area contributed by atoms with Gasteiger partial charge in [-0.15, -0.1) is 4.90 Å². The molecule has 7 heteroatoms. The van der Waals surface area contributed by atoms with Gasteiger partial charge in [0.05, 0.1) is 14.2 Å². The predicted octanol–water partition coefficient (Wildman–Crippen LogP) is 0.754. The van der Waals surface area contributed by atoms with Crippen molar-refractivity contribution >= 4 is 18.1 Å². The lowest BCUT2D eigenvalue weighted by atomic mass is 10.4. The summed E-state index contributed by atoms with van der Waals surface area (Å²) in [6.07, 6.45) is -0.972. The average Bonchev–Trinajstić information content (AvgIpc) is 2.16. The van der Waals surface area contributed by atoms with Gasteiger partial charge in [-0.25, -0.2) is 9.59 Å². The van der Waals surface area contributed by atoms with E-state index in [2.05, 4.69) is 14.8 Å². The van der Waals surface area contributed by atoms with Gasteiger partial charge in [-0.3, -0.25) is 5.41 Å². The number of methoxy groups -OCH3 is 2. The molecular weight excluding hydrogens is 202 g/mol. The molecule has 15 heavy (non-hydrogen) atoms. The van der Waals surface area contributed by atoms with Crippen molar-refractivity contribution < 1.29 is 19.1 Å². The summed E-state index contributed by atoms with van der Waals surface area (Å²) in [4.78, 5) is 23.1. The summed E-state index contributed by atoms with van der Waals surface area (Å²) in [5.74, 6) is 0. The number of nitrogens with one attached hydrogen (secondary N) is 2. The molecule has 0 unspecified atom stereocenters. The zero-order chi connectivity index (χ0) is 12.0. The third-order valence-corrected chi connectivity index (χ3v) is 1.37. The van der Waals surface area contributed by atoms with Crippen LogP contribution in [-0.4, -0.2) is 43.3 Å². The van der Waals surface area contributed by atoms with Crippen molar-refractivity contribution in [2.45, 2.75) is 19.9 Å². The molecule has 86 valence electrons. The highest BCUT2D eigenvalue weighted by atomic mass is 16.6. The Bertz CT molecular complexity index is 249. The number of amides is 3. The molecule has 0 saturated carbocycles. The fourth-order valence-corrected chi connectivity index (χ4v) is 0.752. The summed E-state index contributed by atoms with van der Waals surface area (Å²) < 4.78 is 8.83. The van der Waals surface area contributed by atoms with E-state index in [0.717, 1.165) is 7.11 Å². The molecule has 0 aromatic heterocycles. The Balaban J connectivity index is 4.70. The van der Waals surface area contributed by atoms with Crippen LogP contribution in [0.3, 0.4) is 0 Å². The van der Waals surface area contributed by atoms with Gasteiger partial charge in [0.15, 0.2) is 0 Å². The van der Waals surface area contributed by atoms with E-state index in [1.165, 1.54) is 7.11 Å². The van der Waals surface area contributed by atoms with Crippen LogP contribution in [-0.2, 0) is 9.47 Å². The third-order valence-electron chi connectivity index (χ3n) is 1.37. The molecule has 2 N–H and O–H groups in total. The largest absolute Gasteiger partial charge is 0.468 e. The molecule has 0 aliphatic rings. The highest BCUT2D eigenvalue weighted by molar-refractivity contribution is 6.06. The molecule has 0 aliphatic carbocycles.